The van der Waals surface area contributed by atoms with Crippen LogP contribution in [0.4, 0.5) is 0 Å². The van der Waals surface area contributed by atoms with E-state index < -0.39 is 0 Å². The van der Waals surface area contributed by atoms with E-state index >= 15 is 0 Å². The van der Waals surface area contributed by atoms with Crippen LogP contribution in [0.1, 0.15) is 18.4 Å². The highest BCUT2D eigenvalue weighted by Crippen LogP contribution is 2.36. The van der Waals surface area contributed by atoms with Gasteiger partial charge in [-0.05, 0) is 31.0 Å². The second-order valence-electron chi connectivity index (χ2n) is 6.22. The Morgan fingerprint density at radius 2 is 2.10 bits per heavy atom. The first-order chi connectivity index (χ1) is 10.4. The number of hydrogen-bond donors (Lipinski definition) is 0. The molecule has 2 aliphatic rings. The molecule has 112 valence electrons. The molecule has 4 nitrogen and oxygen atoms in total. The van der Waals surface area contributed by atoms with E-state index in [9.17, 15) is 0 Å². The van der Waals surface area contributed by atoms with E-state index in [4.69, 9.17) is 9.15 Å². The van der Waals surface area contributed by atoms with Crippen LogP contribution < -0.4 is 0 Å². The molecule has 0 bridgehead atoms. The number of aromatic nitrogens is 1. The van der Waals surface area contributed by atoms with Crippen molar-refractivity contribution >= 4 is 0 Å². The zero-order chi connectivity index (χ0) is 14.1. The van der Waals surface area contributed by atoms with Crippen LogP contribution in [0, 0.1) is 5.92 Å². The van der Waals surface area contributed by atoms with Crippen LogP contribution in [0.3, 0.4) is 0 Å². The number of nitrogens with zero attached hydrogens (tertiary/aromatic N) is 2. The van der Waals surface area contributed by atoms with E-state index in [1.54, 1.807) is 6.26 Å². The molecule has 3 heterocycles. The third-order valence-electron chi connectivity index (χ3n) is 4.91. The van der Waals surface area contributed by atoms with Crippen molar-refractivity contribution < 1.29 is 9.15 Å². The average molecular weight is 286 g/mol. The fraction of sp³-hybridized carbons (Fsp3) is 0.529. The molecule has 3 atom stereocenters. The van der Waals surface area contributed by atoms with Crippen LogP contribution in [0.5, 0.6) is 0 Å². The number of morpholine rings is 1. The first-order valence-corrected chi connectivity index (χ1v) is 7.87. The van der Waals surface area contributed by atoms with Gasteiger partial charge in [0.05, 0.1) is 25.2 Å². The van der Waals surface area contributed by atoms with Crippen LogP contribution in [0.2, 0.25) is 0 Å². The maximum Gasteiger partial charge on any atom is 0.0947 e. The van der Waals surface area contributed by atoms with Gasteiger partial charge in [-0.1, -0.05) is 0 Å². The van der Waals surface area contributed by atoms with Gasteiger partial charge in [-0.25, -0.2) is 0 Å². The van der Waals surface area contributed by atoms with Crippen molar-refractivity contribution in [3.63, 3.8) is 0 Å². The predicted octanol–water partition coefficient (Wildman–Crippen LogP) is 2.76. The smallest absolute Gasteiger partial charge is 0.0947 e. The fourth-order valence-electron chi connectivity index (χ4n) is 3.91. The highest BCUT2D eigenvalue weighted by Gasteiger charge is 2.42. The zero-order valence-electron chi connectivity index (χ0n) is 12.2. The van der Waals surface area contributed by atoms with Crippen molar-refractivity contribution in [3.05, 3.63) is 48.7 Å². The van der Waals surface area contributed by atoms with E-state index in [0.717, 1.165) is 26.2 Å². The van der Waals surface area contributed by atoms with Gasteiger partial charge >= 0.3 is 0 Å². The number of rotatable bonds is 4. The molecule has 4 heteroatoms. The molecule has 0 unspecified atom stereocenters. The van der Waals surface area contributed by atoms with Gasteiger partial charge in [0.15, 0.2) is 0 Å². The Morgan fingerprint density at radius 1 is 1.19 bits per heavy atom. The Balaban J connectivity index is 1.44. The van der Waals surface area contributed by atoms with Crippen molar-refractivity contribution in [2.45, 2.75) is 38.1 Å². The van der Waals surface area contributed by atoms with Crippen molar-refractivity contribution in [2.24, 2.45) is 5.92 Å². The molecular formula is C17H22N2O2. The summed E-state index contributed by atoms with van der Waals surface area (Å²) in [6, 6.07) is 6.82. The van der Waals surface area contributed by atoms with Crippen LogP contribution in [0.25, 0.3) is 0 Å². The molecule has 4 rings (SSSR count). The number of furan rings is 1. The highest BCUT2D eigenvalue weighted by atomic mass is 16.5. The standard InChI is InChI=1S/C17H22N2O2/c1-2-7-18(6-1)12-15-3-4-16-17(15)21-10-8-19(16)11-14-5-9-20-13-14/h1-2,5-7,9,13,15-17H,3-4,8,10-12H2/t15-,16-,17-/m0/s1. The van der Waals surface area contributed by atoms with E-state index in [-0.39, 0.29) is 0 Å². The molecule has 2 aromatic rings. The summed E-state index contributed by atoms with van der Waals surface area (Å²) in [6.45, 7) is 3.94. The molecule has 1 aliphatic heterocycles. The Hall–Kier alpha value is -1.52. The summed E-state index contributed by atoms with van der Waals surface area (Å²) in [5.74, 6) is 0.634. The molecular weight excluding hydrogens is 264 g/mol. The lowest BCUT2D eigenvalue weighted by molar-refractivity contribution is -0.0786. The lowest BCUT2D eigenvalue weighted by Crippen LogP contribution is -2.50. The van der Waals surface area contributed by atoms with Gasteiger partial charge in [0, 0.05) is 49.6 Å². The van der Waals surface area contributed by atoms with Gasteiger partial charge in [0.25, 0.3) is 0 Å². The number of fused-ring (bicyclic) bond motifs is 1. The molecule has 2 fully saturated rings. The van der Waals surface area contributed by atoms with Crippen LogP contribution in [-0.2, 0) is 17.8 Å². The number of hydrogen-bond acceptors (Lipinski definition) is 3. The second-order valence-corrected chi connectivity index (χ2v) is 6.22. The van der Waals surface area contributed by atoms with Crippen LogP contribution in [-0.4, -0.2) is 34.8 Å². The van der Waals surface area contributed by atoms with E-state index in [2.05, 4.69) is 40.1 Å². The molecule has 0 radical (unpaired) electrons. The van der Waals surface area contributed by atoms with Crippen molar-refractivity contribution in [1.29, 1.82) is 0 Å². The van der Waals surface area contributed by atoms with Gasteiger partial charge in [-0.3, -0.25) is 4.90 Å². The molecule has 21 heavy (non-hydrogen) atoms. The van der Waals surface area contributed by atoms with Gasteiger partial charge in [-0.15, -0.1) is 0 Å². The first kappa shape index (κ1) is 13.2. The molecule has 0 amide bonds. The summed E-state index contributed by atoms with van der Waals surface area (Å²) in [5.41, 5.74) is 1.27. The largest absolute Gasteiger partial charge is 0.472 e. The molecule has 1 aliphatic carbocycles. The van der Waals surface area contributed by atoms with E-state index in [0.29, 0.717) is 18.1 Å². The minimum Gasteiger partial charge on any atom is -0.472 e. The Bertz CT molecular complexity index is 549. The summed E-state index contributed by atoms with van der Waals surface area (Å²) in [4.78, 5) is 2.58. The van der Waals surface area contributed by atoms with Crippen molar-refractivity contribution in [1.82, 2.24) is 9.47 Å². The zero-order valence-corrected chi connectivity index (χ0v) is 12.2. The molecule has 1 saturated carbocycles. The molecule has 0 spiro atoms. The average Bonchev–Trinajstić information content (AvgIpc) is 3.22. The summed E-state index contributed by atoms with van der Waals surface area (Å²) >= 11 is 0. The Labute approximate surface area is 125 Å². The fourth-order valence-corrected chi connectivity index (χ4v) is 3.91. The maximum atomic E-state index is 6.13. The topological polar surface area (TPSA) is 30.5 Å². The second kappa shape index (κ2) is 5.70. The van der Waals surface area contributed by atoms with Crippen molar-refractivity contribution in [2.75, 3.05) is 13.2 Å². The lowest BCUT2D eigenvalue weighted by atomic mass is 10.0. The Morgan fingerprint density at radius 3 is 2.90 bits per heavy atom. The molecule has 1 saturated heterocycles. The van der Waals surface area contributed by atoms with Crippen LogP contribution >= 0.6 is 0 Å². The quantitative estimate of drug-likeness (QED) is 0.866. The summed E-state index contributed by atoms with van der Waals surface area (Å²) in [5, 5.41) is 0. The Kier molecular flexibility index (Phi) is 3.57. The summed E-state index contributed by atoms with van der Waals surface area (Å²) < 4.78 is 13.6. The van der Waals surface area contributed by atoms with E-state index in [1.165, 1.54) is 18.4 Å². The van der Waals surface area contributed by atoms with Crippen LogP contribution in [0.15, 0.2) is 47.5 Å². The van der Waals surface area contributed by atoms with Gasteiger partial charge in [-0.2, -0.15) is 0 Å². The minimum atomic E-state index is 0.382. The third kappa shape index (κ3) is 2.65. The molecule has 0 aromatic carbocycles. The predicted molar refractivity (Wildman–Crippen MR) is 79.8 cm³/mol. The van der Waals surface area contributed by atoms with Gasteiger partial charge < -0.3 is 13.7 Å². The maximum absolute atomic E-state index is 6.13. The monoisotopic (exact) mass is 286 g/mol. The molecule has 2 aromatic heterocycles. The van der Waals surface area contributed by atoms with Crippen molar-refractivity contribution in [3.8, 4) is 0 Å². The SMILES string of the molecule is c1ccn(C[C@@H]2CC[C@H]3[C@H]2OCCN3Cc2ccoc2)c1. The lowest BCUT2D eigenvalue weighted by Gasteiger charge is -2.39. The summed E-state index contributed by atoms with van der Waals surface area (Å²) in [6.07, 6.45) is 10.8. The highest BCUT2D eigenvalue weighted by molar-refractivity contribution is 5.07. The first-order valence-electron chi connectivity index (χ1n) is 7.87. The third-order valence-corrected chi connectivity index (χ3v) is 4.91. The summed E-state index contributed by atoms with van der Waals surface area (Å²) in [7, 11) is 0. The van der Waals surface area contributed by atoms with E-state index in [1.807, 2.05) is 6.26 Å². The number of ether oxygens (including phenoxy) is 1. The normalized spacial score (nSPS) is 29.6. The molecule has 0 N–H and O–H groups in total. The minimum absolute atomic E-state index is 0.382. The van der Waals surface area contributed by atoms with Gasteiger partial charge in [0.1, 0.15) is 0 Å². The van der Waals surface area contributed by atoms with Gasteiger partial charge in [0.2, 0.25) is 0 Å².